The molecule has 0 spiro atoms. The Balaban J connectivity index is 1.61. The molecule has 1 amide bonds. The first kappa shape index (κ1) is 18.7. The highest BCUT2D eigenvalue weighted by Gasteiger charge is 2.20. The summed E-state index contributed by atoms with van der Waals surface area (Å²) in [6.45, 7) is 3.86. The molecule has 0 bridgehead atoms. The molecule has 1 aliphatic rings. The van der Waals surface area contributed by atoms with Gasteiger partial charge in [0.25, 0.3) is 5.91 Å². The van der Waals surface area contributed by atoms with E-state index in [4.69, 9.17) is 21.1 Å². The molecule has 1 N–H and O–H groups in total. The van der Waals surface area contributed by atoms with E-state index in [2.05, 4.69) is 10.2 Å². The van der Waals surface area contributed by atoms with Crippen LogP contribution in [0.15, 0.2) is 54.6 Å². The number of nitrogens with zero attached hydrogens (tertiary/aromatic N) is 1. The minimum Gasteiger partial charge on any atom is -0.482 e. The third kappa shape index (κ3) is 5.46. The summed E-state index contributed by atoms with van der Waals surface area (Å²) in [5, 5.41) is 3.57. The summed E-state index contributed by atoms with van der Waals surface area (Å²) in [5.41, 5.74) is 1.07. The second kappa shape index (κ2) is 9.57. The molecule has 1 heterocycles. The lowest BCUT2D eigenvalue weighted by Gasteiger charge is -2.31. The molecule has 1 fully saturated rings. The number of morpholine rings is 1. The fraction of sp³-hybridized carbons (Fsp3) is 0.350. The summed E-state index contributed by atoms with van der Waals surface area (Å²) in [4.78, 5) is 14.7. The van der Waals surface area contributed by atoms with E-state index in [9.17, 15) is 4.79 Å². The van der Waals surface area contributed by atoms with E-state index in [1.165, 1.54) is 0 Å². The van der Waals surface area contributed by atoms with E-state index in [0.717, 1.165) is 38.4 Å². The van der Waals surface area contributed by atoms with Crippen molar-refractivity contribution in [1.29, 1.82) is 0 Å². The van der Waals surface area contributed by atoms with E-state index in [1.807, 2.05) is 42.5 Å². The number of nitrogens with one attached hydrogen (secondary N) is 1. The maximum atomic E-state index is 12.4. The number of para-hydroxylation sites is 1. The minimum atomic E-state index is -0.174. The van der Waals surface area contributed by atoms with Crippen molar-refractivity contribution in [2.24, 2.45) is 0 Å². The third-order valence-corrected chi connectivity index (χ3v) is 4.59. The number of rotatable bonds is 7. The van der Waals surface area contributed by atoms with Gasteiger partial charge >= 0.3 is 0 Å². The molecule has 26 heavy (non-hydrogen) atoms. The van der Waals surface area contributed by atoms with Crippen LogP contribution in [0.5, 0.6) is 5.75 Å². The number of hydrogen-bond donors (Lipinski definition) is 1. The molecule has 0 aromatic heterocycles. The van der Waals surface area contributed by atoms with Gasteiger partial charge in [-0.1, -0.05) is 54.1 Å². The predicted octanol–water partition coefficient (Wildman–Crippen LogP) is 2.91. The summed E-state index contributed by atoms with van der Waals surface area (Å²) in [6, 6.07) is 17.0. The van der Waals surface area contributed by atoms with Crippen molar-refractivity contribution in [3.05, 3.63) is 65.2 Å². The molecule has 1 aliphatic heterocycles. The van der Waals surface area contributed by atoms with Gasteiger partial charge in [-0.15, -0.1) is 0 Å². The van der Waals surface area contributed by atoms with Crippen LogP contribution in [0.1, 0.15) is 11.6 Å². The molecule has 2 aromatic rings. The molecule has 3 rings (SSSR count). The largest absolute Gasteiger partial charge is 0.482 e. The Morgan fingerprint density at radius 3 is 2.54 bits per heavy atom. The fourth-order valence-corrected chi connectivity index (χ4v) is 3.09. The smallest absolute Gasteiger partial charge is 0.258 e. The standard InChI is InChI=1S/C20H23ClN2O3/c21-17-8-4-5-9-19(17)26-15-20(24)22-18(16-6-2-1-3-7-16)14-23-10-12-25-13-11-23/h1-9,18H,10-15H2,(H,22,24)/t18-/m1/s1. The molecule has 0 unspecified atom stereocenters. The maximum absolute atomic E-state index is 12.4. The van der Waals surface area contributed by atoms with Gasteiger partial charge in [0.1, 0.15) is 5.75 Å². The average Bonchev–Trinajstić information content (AvgIpc) is 2.68. The first-order chi connectivity index (χ1) is 12.7. The molecule has 6 heteroatoms. The van der Waals surface area contributed by atoms with Gasteiger partial charge in [0.2, 0.25) is 0 Å². The van der Waals surface area contributed by atoms with Crippen LogP contribution in [0.2, 0.25) is 5.02 Å². The van der Waals surface area contributed by atoms with Gasteiger partial charge in [0.15, 0.2) is 6.61 Å². The highest BCUT2D eigenvalue weighted by molar-refractivity contribution is 6.32. The molecule has 1 saturated heterocycles. The molecule has 138 valence electrons. The predicted molar refractivity (Wildman–Crippen MR) is 102 cm³/mol. The van der Waals surface area contributed by atoms with E-state index < -0.39 is 0 Å². The number of amides is 1. The van der Waals surface area contributed by atoms with Gasteiger partial charge in [-0.3, -0.25) is 9.69 Å². The van der Waals surface area contributed by atoms with Gasteiger partial charge in [-0.05, 0) is 17.7 Å². The van der Waals surface area contributed by atoms with Crippen LogP contribution in [-0.2, 0) is 9.53 Å². The Morgan fingerprint density at radius 2 is 1.81 bits per heavy atom. The molecule has 5 nitrogen and oxygen atoms in total. The van der Waals surface area contributed by atoms with Gasteiger partial charge in [0, 0.05) is 19.6 Å². The number of carbonyl (C=O) groups is 1. The lowest BCUT2D eigenvalue weighted by atomic mass is 10.1. The lowest BCUT2D eigenvalue weighted by molar-refractivity contribution is -0.124. The fourth-order valence-electron chi connectivity index (χ4n) is 2.90. The zero-order valence-electron chi connectivity index (χ0n) is 14.6. The monoisotopic (exact) mass is 374 g/mol. The first-order valence-corrected chi connectivity index (χ1v) is 9.12. The number of carbonyl (C=O) groups excluding carboxylic acids is 1. The summed E-state index contributed by atoms with van der Waals surface area (Å²) >= 11 is 6.06. The van der Waals surface area contributed by atoms with Crippen molar-refractivity contribution in [3.8, 4) is 5.75 Å². The number of ether oxygens (including phenoxy) is 2. The summed E-state index contributed by atoms with van der Waals surface area (Å²) in [7, 11) is 0. The molecule has 0 aliphatic carbocycles. The van der Waals surface area contributed by atoms with Gasteiger partial charge in [0.05, 0.1) is 24.3 Å². The second-order valence-corrected chi connectivity index (χ2v) is 6.57. The van der Waals surface area contributed by atoms with Gasteiger partial charge in [-0.2, -0.15) is 0 Å². The van der Waals surface area contributed by atoms with Crippen LogP contribution in [0.4, 0.5) is 0 Å². The van der Waals surface area contributed by atoms with Crippen LogP contribution in [0.3, 0.4) is 0 Å². The zero-order chi connectivity index (χ0) is 18.2. The van der Waals surface area contributed by atoms with E-state index >= 15 is 0 Å². The molecule has 0 saturated carbocycles. The maximum Gasteiger partial charge on any atom is 0.258 e. The van der Waals surface area contributed by atoms with Gasteiger partial charge in [-0.25, -0.2) is 0 Å². The van der Waals surface area contributed by atoms with Crippen LogP contribution < -0.4 is 10.1 Å². The molecular weight excluding hydrogens is 352 g/mol. The van der Waals surface area contributed by atoms with Crippen molar-refractivity contribution in [3.63, 3.8) is 0 Å². The zero-order valence-corrected chi connectivity index (χ0v) is 15.3. The lowest BCUT2D eigenvalue weighted by Crippen LogP contribution is -2.44. The van der Waals surface area contributed by atoms with E-state index in [1.54, 1.807) is 12.1 Å². The average molecular weight is 375 g/mol. The highest BCUT2D eigenvalue weighted by atomic mass is 35.5. The Morgan fingerprint density at radius 1 is 1.12 bits per heavy atom. The third-order valence-electron chi connectivity index (χ3n) is 4.28. The molecule has 1 atom stereocenters. The Bertz CT molecular complexity index is 705. The Hall–Kier alpha value is -2.08. The van der Waals surface area contributed by atoms with E-state index in [0.29, 0.717) is 10.8 Å². The molecule has 2 aromatic carbocycles. The van der Waals surface area contributed by atoms with Crippen molar-refractivity contribution < 1.29 is 14.3 Å². The topological polar surface area (TPSA) is 50.8 Å². The second-order valence-electron chi connectivity index (χ2n) is 6.16. The molecule has 0 radical (unpaired) electrons. The number of hydrogen-bond acceptors (Lipinski definition) is 4. The van der Waals surface area contributed by atoms with Crippen molar-refractivity contribution in [1.82, 2.24) is 10.2 Å². The molecular formula is C20H23ClN2O3. The van der Waals surface area contributed by atoms with Crippen LogP contribution in [0.25, 0.3) is 0 Å². The minimum absolute atomic E-state index is 0.0732. The summed E-state index contributed by atoms with van der Waals surface area (Å²) in [5.74, 6) is 0.334. The highest BCUT2D eigenvalue weighted by Crippen LogP contribution is 2.23. The van der Waals surface area contributed by atoms with Crippen LogP contribution in [-0.4, -0.2) is 50.3 Å². The van der Waals surface area contributed by atoms with Crippen LogP contribution >= 0.6 is 11.6 Å². The quantitative estimate of drug-likeness (QED) is 0.809. The summed E-state index contributed by atoms with van der Waals surface area (Å²) < 4.78 is 11.0. The first-order valence-electron chi connectivity index (χ1n) is 8.74. The van der Waals surface area contributed by atoms with Crippen LogP contribution in [0, 0.1) is 0 Å². The van der Waals surface area contributed by atoms with E-state index in [-0.39, 0.29) is 18.6 Å². The van der Waals surface area contributed by atoms with Gasteiger partial charge < -0.3 is 14.8 Å². The van der Waals surface area contributed by atoms with Crippen molar-refractivity contribution in [2.45, 2.75) is 6.04 Å². The van der Waals surface area contributed by atoms with Crippen molar-refractivity contribution >= 4 is 17.5 Å². The number of halogens is 1. The van der Waals surface area contributed by atoms with Crippen molar-refractivity contribution in [2.75, 3.05) is 39.5 Å². The SMILES string of the molecule is O=C(COc1ccccc1Cl)N[C@H](CN1CCOCC1)c1ccccc1. The number of benzene rings is 2. The summed E-state index contributed by atoms with van der Waals surface area (Å²) in [6.07, 6.45) is 0. The Labute approximate surface area is 158 Å². The normalized spacial score (nSPS) is 16.0. The Kier molecular flexibility index (Phi) is 6.89.